The Balaban J connectivity index is 2.60. The summed E-state index contributed by atoms with van der Waals surface area (Å²) in [5.41, 5.74) is 0.903. The standard InChI is InChI=1S/C16H8Br2N2O3/c1-6-8-2-3-9(17)11-14(8)20(19-6)13-7(5-21)4-10(18)15(22)12(13)16(11)23/h2-5,21H,1H3. The average molecular weight is 436 g/mol. The van der Waals surface area contributed by atoms with E-state index < -0.39 is 5.43 Å². The number of benzene rings is 2. The third-order valence-electron chi connectivity index (χ3n) is 4.02. The number of aromatic nitrogens is 2. The van der Waals surface area contributed by atoms with Crippen LogP contribution in [-0.2, 0) is 0 Å². The number of aryl methyl sites for hydroxylation is 1. The van der Waals surface area contributed by atoms with Crippen molar-refractivity contribution < 1.29 is 5.11 Å². The monoisotopic (exact) mass is 434 g/mol. The van der Waals surface area contributed by atoms with Gasteiger partial charge in [-0.3, -0.25) is 9.59 Å². The van der Waals surface area contributed by atoms with Gasteiger partial charge in [0.2, 0.25) is 10.9 Å². The van der Waals surface area contributed by atoms with Crippen molar-refractivity contribution >= 4 is 65.3 Å². The third-order valence-corrected chi connectivity index (χ3v) is 5.27. The minimum Gasteiger partial charge on any atom is -0.515 e. The fourth-order valence-electron chi connectivity index (χ4n) is 3.01. The number of aliphatic hydroxyl groups is 1. The maximum Gasteiger partial charge on any atom is 0.206 e. The Hall–Kier alpha value is -1.99. The number of halogens is 2. The molecule has 0 atom stereocenters. The number of nitrogens with zero attached hydrogens (tertiary/aromatic N) is 2. The first-order valence-corrected chi connectivity index (χ1v) is 8.28. The molecule has 2 heterocycles. The Labute approximate surface area is 145 Å². The number of hydrogen-bond acceptors (Lipinski definition) is 4. The fourth-order valence-corrected chi connectivity index (χ4v) is 3.96. The molecule has 23 heavy (non-hydrogen) atoms. The Morgan fingerprint density at radius 3 is 2.52 bits per heavy atom. The maximum absolute atomic E-state index is 13.0. The summed E-state index contributed by atoms with van der Waals surface area (Å²) in [6.07, 6.45) is 0.877. The first kappa shape index (κ1) is 14.6. The van der Waals surface area contributed by atoms with Crippen molar-refractivity contribution in [1.82, 2.24) is 9.61 Å². The van der Waals surface area contributed by atoms with E-state index >= 15 is 0 Å². The smallest absolute Gasteiger partial charge is 0.206 e. The van der Waals surface area contributed by atoms with Crippen LogP contribution in [0.25, 0.3) is 33.5 Å². The van der Waals surface area contributed by atoms with E-state index in [0.29, 0.717) is 26.1 Å². The van der Waals surface area contributed by atoms with Crippen LogP contribution in [-0.4, -0.2) is 14.7 Å². The van der Waals surface area contributed by atoms with Gasteiger partial charge in [-0.2, -0.15) is 5.10 Å². The second-order valence-corrected chi connectivity index (χ2v) is 6.98. The Kier molecular flexibility index (Phi) is 3.01. The molecule has 0 bridgehead atoms. The van der Waals surface area contributed by atoms with E-state index in [9.17, 15) is 14.7 Å². The van der Waals surface area contributed by atoms with Crippen molar-refractivity contribution in [2.45, 2.75) is 6.92 Å². The molecular formula is C16H8Br2N2O3. The second-order valence-electron chi connectivity index (χ2n) is 5.27. The van der Waals surface area contributed by atoms with Crippen LogP contribution < -0.4 is 16.1 Å². The minimum atomic E-state index is -0.418. The predicted octanol–water partition coefficient (Wildman–Crippen LogP) is 2.65. The zero-order chi connectivity index (χ0) is 16.5. The summed E-state index contributed by atoms with van der Waals surface area (Å²) in [5.74, 6) is 0. The van der Waals surface area contributed by atoms with Crippen LogP contribution in [0.4, 0.5) is 0 Å². The van der Waals surface area contributed by atoms with Crippen LogP contribution in [0.2, 0.25) is 0 Å². The van der Waals surface area contributed by atoms with E-state index in [0.717, 1.165) is 17.3 Å². The summed E-state index contributed by atoms with van der Waals surface area (Å²) in [6.45, 7) is 1.84. The highest BCUT2D eigenvalue weighted by Crippen LogP contribution is 2.29. The number of rotatable bonds is 0. The first-order chi connectivity index (χ1) is 11.0. The highest BCUT2D eigenvalue weighted by Gasteiger charge is 2.20. The molecule has 2 aromatic heterocycles. The Morgan fingerprint density at radius 1 is 1.09 bits per heavy atom. The molecule has 0 spiro atoms. The first-order valence-electron chi connectivity index (χ1n) is 6.69. The molecule has 4 aromatic rings. The van der Waals surface area contributed by atoms with Gasteiger partial charge in [0.15, 0.2) is 0 Å². The van der Waals surface area contributed by atoms with Crippen molar-refractivity contribution in [2.24, 2.45) is 0 Å². The molecule has 114 valence electrons. The molecular weight excluding hydrogens is 428 g/mol. The SMILES string of the molecule is Cc1nn2c3c(=CO)cc(Br)c(=O)c3c(=O)c3c(Br)ccc1c32. The highest BCUT2D eigenvalue weighted by atomic mass is 79.9. The molecule has 0 aliphatic rings. The van der Waals surface area contributed by atoms with Gasteiger partial charge >= 0.3 is 0 Å². The number of aliphatic hydroxyl groups excluding tert-OH is 1. The zero-order valence-corrected chi connectivity index (χ0v) is 14.9. The predicted molar refractivity (Wildman–Crippen MR) is 96.4 cm³/mol. The van der Waals surface area contributed by atoms with Crippen LogP contribution in [0.5, 0.6) is 0 Å². The van der Waals surface area contributed by atoms with Gasteiger partial charge in [-0.05, 0) is 57.0 Å². The van der Waals surface area contributed by atoms with Gasteiger partial charge in [0.1, 0.15) is 0 Å². The summed E-state index contributed by atoms with van der Waals surface area (Å²) in [6, 6.07) is 5.14. The largest absolute Gasteiger partial charge is 0.515 e. The van der Waals surface area contributed by atoms with Gasteiger partial charge < -0.3 is 5.11 Å². The lowest BCUT2D eigenvalue weighted by molar-refractivity contribution is 0.540. The van der Waals surface area contributed by atoms with Crippen molar-refractivity contribution in [1.29, 1.82) is 0 Å². The lowest BCUT2D eigenvalue weighted by Gasteiger charge is -2.06. The molecule has 0 radical (unpaired) electrons. The van der Waals surface area contributed by atoms with Crippen LogP contribution in [0.1, 0.15) is 5.69 Å². The van der Waals surface area contributed by atoms with Gasteiger partial charge in [0.05, 0.1) is 38.2 Å². The van der Waals surface area contributed by atoms with Gasteiger partial charge in [0, 0.05) is 15.1 Å². The zero-order valence-electron chi connectivity index (χ0n) is 11.7. The summed E-state index contributed by atoms with van der Waals surface area (Å²) in [5, 5.41) is 15.6. The topological polar surface area (TPSA) is 71.7 Å². The molecule has 0 unspecified atom stereocenters. The summed E-state index contributed by atoms with van der Waals surface area (Å²) >= 11 is 6.55. The molecule has 0 amide bonds. The Bertz CT molecular complexity index is 1300. The minimum absolute atomic E-state index is 0.00322. The fraction of sp³-hybridized carbons (Fsp3) is 0.0625. The molecule has 0 saturated carbocycles. The normalized spacial score (nSPS) is 12.9. The van der Waals surface area contributed by atoms with E-state index in [-0.39, 0.29) is 15.3 Å². The van der Waals surface area contributed by atoms with Gasteiger partial charge in [-0.15, -0.1) is 0 Å². The highest BCUT2D eigenvalue weighted by molar-refractivity contribution is 9.11. The molecule has 4 rings (SSSR count). The summed E-state index contributed by atoms with van der Waals surface area (Å²) in [4.78, 5) is 25.5. The molecule has 0 fully saturated rings. The van der Waals surface area contributed by atoms with Crippen LogP contribution in [0.3, 0.4) is 0 Å². The van der Waals surface area contributed by atoms with E-state index in [1.807, 2.05) is 13.0 Å². The lowest BCUT2D eigenvalue weighted by Crippen LogP contribution is -2.23. The lowest BCUT2D eigenvalue weighted by atomic mass is 10.1. The molecule has 2 aromatic carbocycles. The maximum atomic E-state index is 13.0. The molecule has 5 nitrogen and oxygen atoms in total. The summed E-state index contributed by atoms with van der Waals surface area (Å²) < 4.78 is 2.40. The van der Waals surface area contributed by atoms with Gasteiger partial charge in [0.25, 0.3) is 0 Å². The van der Waals surface area contributed by atoms with E-state index in [2.05, 4.69) is 37.0 Å². The number of fused-ring (bicyclic) bond motifs is 2. The average Bonchev–Trinajstić information content (AvgIpc) is 2.85. The molecule has 7 heteroatoms. The van der Waals surface area contributed by atoms with E-state index in [1.54, 1.807) is 10.6 Å². The molecule has 0 aliphatic heterocycles. The van der Waals surface area contributed by atoms with Gasteiger partial charge in [-0.1, -0.05) is 0 Å². The number of pyridine rings is 1. The van der Waals surface area contributed by atoms with Crippen LogP contribution in [0.15, 0.2) is 36.7 Å². The van der Waals surface area contributed by atoms with Crippen molar-refractivity contribution in [2.75, 3.05) is 0 Å². The van der Waals surface area contributed by atoms with Crippen LogP contribution >= 0.6 is 31.9 Å². The quantitative estimate of drug-likeness (QED) is 0.431. The molecule has 0 aliphatic carbocycles. The van der Waals surface area contributed by atoms with Crippen molar-refractivity contribution in [3.63, 3.8) is 0 Å². The molecule has 0 saturated heterocycles. The third kappa shape index (κ3) is 1.74. The van der Waals surface area contributed by atoms with E-state index in [4.69, 9.17) is 0 Å². The van der Waals surface area contributed by atoms with E-state index in [1.165, 1.54) is 6.07 Å². The Morgan fingerprint density at radius 2 is 1.83 bits per heavy atom. The summed E-state index contributed by atoms with van der Waals surface area (Å²) in [7, 11) is 0. The van der Waals surface area contributed by atoms with Crippen molar-refractivity contribution in [3.05, 3.63) is 58.5 Å². The molecule has 1 N–H and O–H groups in total. The van der Waals surface area contributed by atoms with Crippen LogP contribution in [0, 0.1) is 6.92 Å². The second kappa shape index (κ2) is 4.75. The number of hydrogen-bond donors (Lipinski definition) is 1. The van der Waals surface area contributed by atoms with Crippen molar-refractivity contribution in [3.8, 4) is 0 Å². The van der Waals surface area contributed by atoms with Gasteiger partial charge in [-0.25, -0.2) is 4.52 Å².